The van der Waals surface area contributed by atoms with Crippen LogP contribution in [0.2, 0.25) is 0 Å². The zero-order chi connectivity index (χ0) is 23.5. The van der Waals surface area contributed by atoms with E-state index in [0.717, 1.165) is 5.56 Å². The maximum atomic E-state index is 13.7. The monoisotopic (exact) mass is 454 g/mol. The third-order valence-electron chi connectivity index (χ3n) is 7.08. The number of ether oxygens (including phenoxy) is 2. The number of Topliss-reactive ketones (excluding diaryl/α,β-unsaturated/α-hetero) is 2. The molecule has 3 heterocycles. The van der Waals surface area contributed by atoms with Gasteiger partial charge in [-0.05, 0) is 31.0 Å². The van der Waals surface area contributed by atoms with Crippen LogP contribution in [0.1, 0.15) is 12.5 Å². The van der Waals surface area contributed by atoms with Gasteiger partial charge in [0.15, 0.2) is 5.72 Å². The number of amides is 1. The minimum Gasteiger partial charge on any atom is -0.508 e. The molecule has 3 aliphatic heterocycles. The first-order chi connectivity index (χ1) is 15.8. The van der Waals surface area contributed by atoms with Gasteiger partial charge in [0.2, 0.25) is 11.6 Å². The number of nitrogens with zero attached hydrogens (tertiary/aromatic N) is 1. The SMILES string of the molecule is CO[C@@]12[C@@H]3N[C@@H]3CN1C1=C(C(=O)C(NCCc3ccc(O)cc3)=C(C)C1=O)[C@@H]2COC(N)=O. The van der Waals surface area contributed by atoms with Crippen molar-refractivity contribution in [2.24, 2.45) is 11.7 Å². The molecule has 0 saturated carbocycles. The molecule has 5 rings (SSSR count). The largest absolute Gasteiger partial charge is 0.508 e. The van der Waals surface area contributed by atoms with E-state index in [2.05, 4.69) is 10.6 Å². The summed E-state index contributed by atoms with van der Waals surface area (Å²) in [6.07, 6.45) is -0.353. The van der Waals surface area contributed by atoms with Gasteiger partial charge in [0, 0.05) is 37.4 Å². The summed E-state index contributed by atoms with van der Waals surface area (Å²) in [4.78, 5) is 40.4. The van der Waals surface area contributed by atoms with Gasteiger partial charge < -0.3 is 35.8 Å². The highest BCUT2D eigenvalue weighted by atomic mass is 16.6. The number of rotatable bonds is 7. The summed E-state index contributed by atoms with van der Waals surface area (Å²) in [5, 5.41) is 15.9. The number of phenolic OH excluding ortho intramolecular Hbond substituents is 1. The van der Waals surface area contributed by atoms with Crippen LogP contribution in [0.15, 0.2) is 46.8 Å². The van der Waals surface area contributed by atoms with E-state index in [-0.39, 0.29) is 41.7 Å². The Hall–Kier alpha value is -3.37. The lowest BCUT2D eigenvalue weighted by Crippen LogP contribution is -2.55. The fraction of sp³-hybridized carbons (Fsp3) is 0.435. The molecule has 1 aromatic rings. The maximum absolute atomic E-state index is 13.7. The van der Waals surface area contributed by atoms with E-state index < -0.39 is 17.7 Å². The quantitative estimate of drug-likeness (QED) is 0.327. The van der Waals surface area contributed by atoms with Crippen molar-refractivity contribution < 1.29 is 29.0 Å². The van der Waals surface area contributed by atoms with Crippen molar-refractivity contribution in [2.75, 3.05) is 26.8 Å². The van der Waals surface area contributed by atoms with E-state index in [1.807, 2.05) is 4.90 Å². The molecule has 174 valence electrons. The van der Waals surface area contributed by atoms with Gasteiger partial charge in [0.05, 0.1) is 23.4 Å². The molecule has 33 heavy (non-hydrogen) atoms. The molecule has 1 amide bonds. The van der Waals surface area contributed by atoms with Crippen LogP contribution in [0.25, 0.3) is 0 Å². The molecule has 1 aromatic carbocycles. The molecule has 2 fully saturated rings. The number of methoxy groups -OCH3 is 1. The predicted molar refractivity (Wildman–Crippen MR) is 116 cm³/mol. The number of piperazine rings is 1. The summed E-state index contributed by atoms with van der Waals surface area (Å²) in [6.45, 7) is 2.43. The number of aromatic hydroxyl groups is 1. The van der Waals surface area contributed by atoms with Crippen LogP contribution in [0, 0.1) is 5.92 Å². The number of nitrogens with two attached hydrogens (primary N) is 1. The number of carbonyl (C=O) groups is 3. The Morgan fingerprint density at radius 2 is 2.03 bits per heavy atom. The van der Waals surface area contributed by atoms with Crippen molar-refractivity contribution in [3.8, 4) is 5.75 Å². The summed E-state index contributed by atoms with van der Waals surface area (Å²) in [5.74, 6) is -1.01. The Labute approximate surface area is 190 Å². The zero-order valence-electron chi connectivity index (χ0n) is 18.4. The molecular weight excluding hydrogens is 428 g/mol. The van der Waals surface area contributed by atoms with E-state index >= 15 is 0 Å². The molecule has 2 saturated heterocycles. The third-order valence-corrected chi connectivity index (χ3v) is 7.08. The van der Waals surface area contributed by atoms with Crippen LogP contribution in [0.4, 0.5) is 4.79 Å². The Bertz CT molecular complexity index is 1110. The number of hydrogen-bond acceptors (Lipinski definition) is 9. The average Bonchev–Trinajstić information content (AvgIpc) is 3.40. The summed E-state index contributed by atoms with van der Waals surface area (Å²) in [6, 6.07) is 6.87. The lowest BCUT2D eigenvalue weighted by atomic mass is 9.82. The van der Waals surface area contributed by atoms with Gasteiger partial charge in [0.1, 0.15) is 12.4 Å². The highest BCUT2D eigenvalue weighted by Gasteiger charge is 2.72. The Morgan fingerprint density at radius 1 is 1.30 bits per heavy atom. The van der Waals surface area contributed by atoms with Crippen LogP contribution in [-0.2, 0) is 25.5 Å². The number of hydrogen-bond donors (Lipinski definition) is 4. The molecule has 0 radical (unpaired) electrons. The van der Waals surface area contributed by atoms with E-state index in [1.54, 1.807) is 31.2 Å². The lowest BCUT2D eigenvalue weighted by Gasteiger charge is -2.39. The molecule has 0 aromatic heterocycles. The van der Waals surface area contributed by atoms with Gasteiger partial charge in [-0.25, -0.2) is 4.79 Å². The van der Waals surface area contributed by atoms with Crippen molar-refractivity contribution in [1.29, 1.82) is 0 Å². The van der Waals surface area contributed by atoms with Crippen LogP contribution < -0.4 is 16.4 Å². The zero-order valence-corrected chi connectivity index (χ0v) is 18.4. The molecule has 4 atom stereocenters. The number of phenols is 1. The van der Waals surface area contributed by atoms with Gasteiger partial charge >= 0.3 is 6.09 Å². The molecule has 4 aliphatic rings. The number of allylic oxidation sites excluding steroid dienone is 2. The molecule has 0 unspecified atom stereocenters. The van der Waals surface area contributed by atoms with Crippen molar-refractivity contribution in [3.05, 3.63) is 52.4 Å². The van der Waals surface area contributed by atoms with Gasteiger partial charge in [-0.2, -0.15) is 0 Å². The smallest absolute Gasteiger partial charge is 0.404 e. The van der Waals surface area contributed by atoms with Gasteiger partial charge in [0.25, 0.3) is 0 Å². The topological polar surface area (TPSA) is 153 Å². The molecule has 1 aliphatic carbocycles. The number of benzene rings is 1. The molecule has 0 spiro atoms. The number of carbonyl (C=O) groups excluding carboxylic acids is 3. The second kappa shape index (κ2) is 7.60. The number of primary amides is 1. The van der Waals surface area contributed by atoms with Crippen LogP contribution >= 0.6 is 0 Å². The van der Waals surface area contributed by atoms with E-state index in [4.69, 9.17) is 15.2 Å². The van der Waals surface area contributed by atoms with E-state index in [0.29, 0.717) is 36.4 Å². The predicted octanol–water partition coefficient (Wildman–Crippen LogP) is -0.0720. The standard InChI is InChI=1S/C23H26N4O6/c1-11-17(25-8-7-12-3-5-13(28)6-4-12)20(30)16-14(10-33-22(24)31)23(32-2)21-15(26-21)9-27(23)18(16)19(11)29/h3-6,14-15,21,25-26,28H,7-10H2,1-2H3,(H2,24,31)/t14-,15+,21+,23-/m0/s1. The Morgan fingerprint density at radius 3 is 2.70 bits per heavy atom. The number of fused-ring (bicyclic) bond motifs is 4. The number of ketones is 2. The third kappa shape index (κ3) is 3.12. The normalized spacial score (nSPS) is 29.8. The molecule has 5 N–H and O–H groups in total. The van der Waals surface area contributed by atoms with E-state index in [9.17, 15) is 19.5 Å². The second-order valence-corrected chi connectivity index (χ2v) is 8.76. The second-order valence-electron chi connectivity index (χ2n) is 8.76. The Balaban J connectivity index is 1.43. The van der Waals surface area contributed by atoms with Crippen LogP contribution in [0.5, 0.6) is 5.75 Å². The summed E-state index contributed by atoms with van der Waals surface area (Å²) in [5.41, 5.74) is 6.42. The minimum atomic E-state index is -0.988. The first-order valence-electron chi connectivity index (χ1n) is 10.9. The van der Waals surface area contributed by atoms with Crippen molar-refractivity contribution in [1.82, 2.24) is 15.5 Å². The maximum Gasteiger partial charge on any atom is 0.404 e. The molecule has 10 heteroatoms. The average molecular weight is 454 g/mol. The lowest BCUT2D eigenvalue weighted by molar-refractivity contribution is -0.137. The fourth-order valence-electron chi connectivity index (χ4n) is 5.50. The Kier molecular flexibility index (Phi) is 4.95. The van der Waals surface area contributed by atoms with E-state index in [1.165, 1.54) is 7.11 Å². The molecular formula is C23H26N4O6. The first kappa shape index (κ1) is 21.5. The van der Waals surface area contributed by atoms with Gasteiger partial charge in [-0.15, -0.1) is 0 Å². The first-order valence-corrected chi connectivity index (χ1v) is 10.9. The highest BCUT2D eigenvalue weighted by Crippen LogP contribution is 2.55. The van der Waals surface area contributed by atoms with Crippen LogP contribution in [-0.4, -0.2) is 72.3 Å². The molecule has 0 bridgehead atoms. The highest BCUT2D eigenvalue weighted by molar-refractivity contribution is 6.25. The van der Waals surface area contributed by atoms with Crippen molar-refractivity contribution in [3.63, 3.8) is 0 Å². The van der Waals surface area contributed by atoms with Crippen molar-refractivity contribution in [2.45, 2.75) is 31.2 Å². The van der Waals surface area contributed by atoms with Gasteiger partial charge in [-0.3, -0.25) is 9.59 Å². The summed E-state index contributed by atoms with van der Waals surface area (Å²) in [7, 11) is 1.54. The number of nitrogens with one attached hydrogen (secondary N) is 2. The van der Waals surface area contributed by atoms with Gasteiger partial charge in [-0.1, -0.05) is 12.1 Å². The van der Waals surface area contributed by atoms with Crippen molar-refractivity contribution >= 4 is 17.7 Å². The molecule has 10 nitrogen and oxygen atoms in total. The fourth-order valence-corrected chi connectivity index (χ4v) is 5.50. The summed E-state index contributed by atoms with van der Waals surface area (Å²) >= 11 is 0. The summed E-state index contributed by atoms with van der Waals surface area (Å²) < 4.78 is 11.1. The van der Waals surface area contributed by atoms with Crippen LogP contribution in [0.3, 0.4) is 0 Å². The minimum absolute atomic E-state index is 0.0820.